The third-order valence-corrected chi connectivity index (χ3v) is 5.17. The summed E-state index contributed by atoms with van der Waals surface area (Å²) in [5.41, 5.74) is 3.11. The molecule has 1 aromatic heterocycles. The average molecular weight is 394 g/mol. The molecule has 28 heavy (non-hydrogen) atoms. The van der Waals surface area contributed by atoms with Crippen molar-refractivity contribution in [1.29, 1.82) is 0 Å². The van der Waals surface area contributed by atoms with Crippen molar-refractivity contribution < 1.29 is 4.74 Å². The molecular formula is C23H27N3OS. The van der Waals surface area contributed by atoms with Crippen LogP contribution in [0.1, 0.15) is 32.8 Å². The first-order chi connectivity index (χ1) is 13.4. The second kappa shape index (κ2) is 8.57. The first-order valence-electron chi connectivity index (χ1n) is 9.45. The van der Waals surface area contributed by atoms with Crippen molar-refractivity contribution in [2.24, 2.45) is 0 Å². The Morgan fingerprint density at radius 3 is 2.57 bits per heavy atom. The minimum absolute atomic E-state index is 0.0556. The van der Waals surface area contributed by atoms with Crippen molar-refractivity contribution in [1.82, 2.24) is 10.3 Å². The molecule has 5 heteroatoms. The summed E-state index contributed by atoms with van der Waals surface area (Å²) in [4.78, 5) is 4.43. The van der Waals surface area contributed by atoms with Crippen LogP contribution in [0.2, 0.25) is 0 Å². The van der Waals surface area contributed by atoms with E-state index in [0.29, 0.717) is 5.11 Å². The average Bonchev–Trinajstić information content (AvgIpc) is 2.68. The van der Waals surface area contributed by atoms with Gasteiger partial charge in [0.1, 0.15) is 11.3 Å². The molecule has 146 valence electrons. The van der Waals surface area contributed by atoms with Crippen LogP contribution in [-0.2, 0) is 5.41 Å². The number of nitrogens with one attached hydrogen (secondary N) is 2. The van der Waals surface area contributed by atoms with E-state index >= 15 is 0 Å². The molecule has 0 aliphatic heterocycles. The summed E-state index contributed by atoms with van der Waals surface area (Å²) >= 11 is 5.57. The van der Waals surface area contributed by atoms with Gasteiger partial charge in [-0.25, -0.2) is 0 Å². The van der Waals surface area contributed by atoms with Gasteiger partial charge < -0.3 is 15.4 Å². The Kier molecular flexibility index (Phi) is 6.15. The number of fused-ring (bicyclic) bond motifs is 1. The summed E-state index contributed by atoms with van der Waals surface area (Å²) in [5.74, 6) is 0.748. The van der Waals surface area contributed by atoms with Crippen molar-refractivity contribution in [2.45, 2.75) is 38.6 Å². The Bertz CT molecular complexity index is 956. The largest absolute Gasteiger partial charge is 0.494 e. The van der Waals surface area contributed by atoms with Gasteiger partial charge in [-0.3, -0.25) is 4.98 Å². The Morgan fingerprint density at radius 1 is 1.11 bits per heavy atom. The molecule has 0 fully saturated rings. The second-order valence-electron chi connectivity index (χ2n) is 7.67. The van der Waals surface area contributed by atoms with E-state index in [2.05, 4.69) is 60.7 Å². The molecule has 2 aromatic carbocycles. The SMILES string of the molecule is COc1ccc(NC(=S)N[C@@H](C)CC(C)(C)c2ccccc2)c2cccnc12. The molecule has 3 aromatic rings. The van der Waals surface area contributed by atoms with Crippen molar-refractivity contribution >= 4 is 33.9 Å². The van der Waals surface area contributed by atoms with Crippen molar-refractivity contribution in [3.05, 3.63) is 66.4 Å². The van der Waals surface area contributed by atoms with Crippen molar-refractivity contribution in [3.8, 4) is 5.75 Å². The summed E-state index contributed by atoms with van der Waals surface area (Å²) in [7, 11) is 1.65. The summed E-state index contributed by atoms with van der Waals surface area (Å²) < 4.78 is 5.41. The fourth-order valence-corrected chi connectivity index (χ4v) is 3.94. The maximum Gasteiger partial charge on any atom is 0.171 e. The number of hydrogen-bond donors (Lipinski definition) is 2. The number of pyridine rings is 1. The van der Waals surface area contributed by atoms with E-state index in [4.69, 9.17) is 17.0 Å². The normalized spacial score (nSPS) is 12.4. The van der Waals surface area contributed by atoms with E-state index in [0.717, 1.165) is 28.8 Å². The van der Waals surface area contributed by atoms with E-state index in [-0.39, 0.29) is 11.5 Å². The highest BCUT2D eigenvalue weighted by Crippen LogP contribution is 2.30. The van der Waals surface area contributed by atoms with Gasteiger partial charge >= 0.3 is 0 Å². The first kappa shape index (κ1) is 20.1. The van der Waals surface area contributed by atoms with Crippen LogP contribution >= 0.6 is 12.2 Å². The lowest BCUT2D eigenvalue weighted by Gasteiger charge is -2.29. The number of methoxy groups -OCH3 is 1. The maximum atomic E-state index is 5.57. The van der Waals surface area contributed by atoms with Gasteiger partial charge in [0.15, 0.2) is 5.11 Å². The number of aromatic nitrogens is 1. The zero-order valence-corrected chi connectivity index (χ0v) is 17.6. The number of rotatable bonds is 6. The van der Waals surface area contributed by atoms with E-state index in [1.165, 1.54) is 5.56 Å². The maximum absolute atomic E-state index is 5.57. The minimum atomic E-state index is 0.0556. The first-order valence-corrected chi connectivity index (χ1v) is 9.86. The van der Waals surface area contributed by atoms with Gasteiger partial charge in [-0.2, -0.15) is 0 Å². The van der Waals surface area contributed by atoms with Crippen LogP contribution in [0.15, 0.2) is 60.8 Å². The molecule has 0 saturated carbocycles. The van der Waals surface area contributed by atoms with Crippen molar-refractivity contribution in [3.63, 3.8) is 0 Å². The third kappa shape index (κ3) is 4.60. The summed E-state index contributed by atoms with van der Waals surface area (Å²) in [6, 6.07) is 18.6. The summed E-state index contributed by atoms with van der Waals surface area (Å²) in [6.07, 6.45) is 2.72. The Hall–Kier alpha value is -2.66. The topological polar surface area (TPSA) is 46.2 Å². The Morgan fingerprint density at radius 2 is 1.86 bits per heavy atom. The van der Waals surface area contributed by atoms with Crippen LogP contribution in [0.5, 0.6) is 5.75 Å². The van der Waals surface area contributed by atoms with E-state index < -0.39 is 0 Å². The van der Waals surface area contributed by atoms with Gasteiger partial charge in [-0.1, -0.05) is 44.2 Å². The molecule has 0 amide bonds. The third-order valence-electron chi connectivity index (χ3n) is 4.95. The zero-order chi connectivity index (χ0) is 20.1. The van der Waals surface area contributed by atoms with Crippen LogP contribution in [0.25, 0.3) is 10.9 Å². The van der Waals surface area contributed by atoms with Gasteiger partial charge in [0.25, 0.3) is 0 Å². The summed E-state index contributed by atoms with van der Waals surface area (Å²) in [6.45, 7) is 6.69. The summed E-state index contributed by atoms with van der Waals surface area (Å²) in [5, 5.41) is 8.31. The molecule has 0 aliphatic carbocycles. The predicted molar refractivity (Wildman–Crippen MR) is 121 cm³/mol. The zero-order valence-electron chi connectivity index (χ0n) is 16.8. The quantitative estimate of drug-likeness (QED) is 0.558. The van der Waals surface area contributed by atoms with Crippen LogP contribution in [0, 0.1) is 0 Å². The van der Waals surface area contributed by atoms with Crippen LogP contribution < -0.4 is 15.4 Å². The lowest BCUT2D eigenvalue weighted by molar-refractivity contribution is 0.418. The predicted octanol–water partition coefficient (Wildman–Crippen LogP) is 5.29. The van der Waals surface area contributed by atoms with Crippen LogP contribution in [0.4, 0.5) is 5.69 Å². The number of thiocarbonyl (C=S) groups is 1. The molecule has 4 nitrogen and oxygen atoms in total. The van der Waals surface area contributed by atoms with Gasteiger partial charge in [0, 0.05) is 23.3 Å². The highest BCUT2D eigenvalue weighted by molar-refractivity contribution is 7.80. The molecule has 0 radical (unpaired) electrons. The Balaban J connectivity index is 1.68. The van der Waals surface area contributed by atoms with E-state index in [1.54, 1.807) is 13.3 Å². The monoisotopic (exact) mass is 393 g/mol. The second-order valence-corrected chi connectivity index (χ2v) is 8.08. The number of nitrogens with zero attached hydrogens (tertiary/aromatic N) is 1. The molecule has 1 atom stereocenters. The lowest BCUT2D eigenvalue weighted by Crippen LogP contribution is -2.39. The number of anilines is 1. The molecule has 0 aliphatic rings. The molecular weight excluding hydrogens is 366 g/mol. The molecule has 1 heterocycles. The van der Waals surface area contributed by atoms with Gasteiger partial charge in [-0.15, -0.1) is 0 Å². The number of hydrogen-bond acceptors (Lipinski definition) is 3. The molecule has 0 spiro atoms. The Labute approximate surface area is 172 Å². The van der Waals surface area contributed by atoms with Crippen LogP contribution in [0.3, 0.4) is 0 Å². The van der Waals surface area contributed by atoms with Gasteiger partial charge in [-0.05, 0) is 60.8 Å². The highest BCUT2D eigenvalue weighted by Gasteiger charge is 2.23. The smallest absolute Gasteiger partial charge is 0.171 e. The lowest BCUT2D eigenvalue weighted by atomic mass is 9.79. The highest BCUT2D eigenvalue weighted by atomic mass is 32.1. The van der Waals surface area contributed by atoms with Crippen LogP contribution in [-0.4, -0.2) is 23.2 Å². The van der Waals surface area contributed by atoms with E-state index in [9.17, 15) is 0 Å². The molecule has 0 saturated heterocycles. The minimum Gasteiger partial charge on any atom is -0.494 e. The standard InChI is InChI=1S/C23H27N3OS/c1-16(15-23(2,3)17-9-6-5-7-10-17)25-22(28)26-19-12-13-20(27-4)21-18(19)11-8-14-24-21/h5-14,16H,15H2,1-4H3,(H2,25,26,28)/t16-/m0/s1. The van der Waals surface area contributed by atoms with Crippen molar-refractivity contribution in [2.75, 3.05) is 12.4 Å². The fraction of sp³-hybridized carbons (Fsp3) is 0.304. The molecule has 0 unspecified atom stereocenters. The molecule has 3 rings (SSSR count). The van der Waals surface area contributed by atoms with Gasteiger partial charge in [0.05, 0.1) is 7.11 Å². The fourth-order valence-electron chi connectivity index (χ4n) is 3.63. The number of ether oxygens (including phenoxy) is 1. The molecule has 2 N–H and O–H groups in total. The molecule has 0 bridgehead atoms. The van der Waals surface area contributed by atoms with E-state index in [1.807, 2.05) is 30.3 Å². The number of benzene rings is 2. The van der Waals surface area contributed by atoms with Gasteiger partial charge in [0.2, 0.25) is 0 Å².